The number of carbonyl (C=O) groups is 1. The van der Waals surface area contributed by atoms with Crippen LogP contribution in [0.15, 0.2) is 60.7 Å². The summed E-state index contributed by atoms with van der Waals surface area (Å²) in [6.07, 6.45) is 1.02. The molecule has 3 rings (SSSR count). The highest BCUT2D eigenvalue weighted by Gasteiger charge is 2.18. The lowest BCUT2D eigenvalue weighted by atomic mass is 9.96. The van der Waals surface area contributed by atoms with Crippen LogP contribution in [-0.4, -0.2) is 12.5 Å². The molecular weight excluding hydrogens is 322 g/mol. The lowest BCUT2D eigenvalue weighted by Gasteiger charge is -2.17. The number of ether oxygens (including phenoxy) is 1. The highest BCUT2D eigenvalue weighted by Crippen LogP contribution is 2.31. The van der Waals surface area contributed by atoms with E-state index in [0.29, 0.717) is 23.8 Å². The van der Waals surface area contributed by atoms with Crippen LogP contribution in [0.2, 0.25) is 0 Å². The SMILES string of the molecule is CCOc1ccc2ccccc2c1C(=O)Nc1ccccc1[C@@H](C)CC. The molecule has 0 radical (unpaired) electrons. The zero-order valence-electron chi connectivity index (χ0n) is 15.6. The lowest BCUT2D eigenvalue weighted by Crippen LogP contribution is -2.16. The third-order valence-corrected chi connectivity index (χ3v) is 4.77. The fourth-order valence-corrected chi connectivity index (χ4v) is 3.21. The van der Waals surface area contributed by atoms with E-state index in [1.807, 2.05) is 61.5 Å². The molecule has 0 saturated carbocycles. The Morgan fingerprint density at radius 3 is 2.50 bits per heavy atom. The van der Waals surface area contributed by atoms with Gasteiger partial charge < -0.3 is 10.1 Å². The molecule has 0 aliphatic carbocycles. The number of fused-ring (bicyclic) bond motifs is 1. The van der Waals surface area contributed by atoms with Crippen LogP contribution in [0, 0.1) is 0 Å². The summed E-state index contributed by atoms with van der Waals surface area (Å²) in [5.74, 6) is 0.858. The van der Waals surface area contributed by atoms with Crippen LogP contribution in [0.3, 0.4) is 0 Å². The Balaban J connectivity index is 2.04. The van der Waals surface area contributed by atoms with Crippen molar-refractivity contribution in [3.63, 3.8) is 0 Å². The smallest absolute Gasteiger partial charge is 0.260 e. The molecule has 1 N–H and O–H groups in total. The predicted molar refractivity (Wildman–Crippen MR) is 108 cm³/mol. The molecule has 0 heterocycles. The Labute approximate surface area is 155 Å². The van der Waals surface area contributed by atoms with Gasteiger partial charge in [0, 0.05) is 5.69 Å². The van der Waals surface area contributed by atoms with E-state index in [-0.39, 0.29) is 5.91 Å². The maximum atomic E-state index is 13.2. The second-order valence-corrected chi connectivity index (χ2v) is 6.44. The molecule has 0 aliphatic rings. The number of anilines is 1. The van der Waals surface area contributed by atoms with Crippen LogP contribution in [-0.2, 0) is 0 Å². The summed E-state index contributed by atoms with van der Waals surface area (Å²) in [6, 6.07) is 19.8. The predicted octanol–water partition coefficient (Wildman–Crippen LogP) is 6.00. The van der Waals surface area contributed by atoms with Gasteiger partial charge in [-0.15, -0.1) is 0 Å². The molecule has 0 bridgehead atoms. The Kier molecular flexibility index (Phi) is 5.57. The molecule has 0 aromatic heterocycles. The Bertz CT molecular complexity index is 917. The van der Waals surface area contributed by atoms with Crippen LogP contribution in [0.1, 0.15) is 49.0 Å². The van der Waals surface area contributed by atoms with E-state index in [2.05, 4.69) is 25.2 Å². The van der Waals surface area contributed by atoms with Crippen molar-refractivity contribution in [2.24, 2.45) is 0 Å². The van der Waals surface area contributed by atoms with Crippen molar-refractivity contribution in [1.82, 2.24) is 0 Å². The summed E-state index contributed by atoms with van der Waals surface area (Å²) in [5, 5.41) is 5.04. The molecule has 1 atom stereocenters. The first kappa shape index (κ1) is 18.0. The lowest BCUT2D eigenvalue weighted by molar-refractivity contribution is 0.102. The third-order valence-electron chi connectivity index (χ3n) is 4.77. The number of rotatable bonds is 6. The zero-order valence-corrected chi connectivity index (χ0v) is 15.6. The summed E-state index contributed by atoms with van der Waals surface area (Å²) in [4.78, 5) is 13.2. The molecule has 0 spiro atoms. The average Bonchev–Trinajstić information content (AvgIpc) is 2.67. The average molecular weight is 347 g/mol. The van der Waals surface area contributed by atoms with Gasteiger partial charge in [0.25, 0.3) is 5.91 Å². The summed E-state index contributed by atoms with van der Waals surface area (Å²) in [7, 11) is 0. The first-order valence-corrected chi connectivity index (χ1v) is 9.20. The minimum atomic E-state index is -0.138. The molecule has 0 aliphatic heterocycles. The maximum Gasteiger partial charge on any atom is 0.260 e. The van der Waals surface area contributed by atoms with Crippen LogP contribution in [0.5, 0.6) is 5.75 Å². The van der Waals surface area contributed by atoms with E-state index >= 15 is 0 Å². The van der Waals surface area contributed by atoms with Crippen molar-refractivity contribution < 1.29 is 9.53 Å². The summed E-state index contributed by atoms with van der Waals surface area (Å²) < 4.78 is 5.74. The number of benzene rings is 3. The van der Waals surface area contributed by atoms with Gasteiger partial charge in [-0.2, -0.15) is 0 Å². The maximum absolute atomic E-state index is 13.2. The third kappa shape index (κ3) is 3.57. The molecule has 3 aromatic carbocycles. The monoisotopic (exact) mass is 347 g/mol. The van der Waals surface area contributed by atoms with Crippen molar-refractivity contribution in [2.75, 3.05) is 11.9 Å². The van der Waals surface area contributed by atoms with Crippen molar-refractivity contribution >= 4 is 22.4 Å². The molecule has 1 amide bonds. The number of para-hydroxylation sites is 1. The molecular formula is C23H25NO2. The fourth-order valence-electron chi connectivity index (χ4n) is 3.21. The Morgan fingerprint density at radius 1 is 1.00 bits per heavy atom. The van der Waals surface area contributed by atoms with Crippen molar-refractivity contribution in [3.05, 3.63) is 71.8 Å². The molecule has 134 valence electrons. The first-order chi connectivity index (χ1) is 12.7. The molecule has 0 unspecified atom stereocenters. The number of hydrogen-bond acceptors (Lipinski definition) is 2. The van der Waals surface area contributed by atoms with Gasteiger partial charge >= 0.3 is 0 Å². The molecule has 3 heteroatoms. The first-order valence-electron chi connectivity index (χ1n) is 9.20. The van der Waals surface area contributed by atoms with Crippen molar-refractivity contribution in [2.45, 2.75) is 33.1 Å². The minimum Gasteiger partial charge on any atom is -0.493 e. The Morgan fingerprint density at radius 2 is 1.73 bits per heavy atom. The molecule has 3 nitrogen and oxygen atoms in total. The van der Waals surface area contributed by atoms with Gasteiger partial charge in [-0.3, -0.25) is 4.79 Å². The molecule has 0 fully saturated rings. The largest absolute Gasteiger partial charge is 0.493 e. The number of nitrogens with one attached hydrogen (secondary N) is 1. The van der Waals surface area contributed by atoms with Crippen molar-refractivity contribution in [1.29, 1.82) is 0 Å². The molecule has 26 heavy (non-hydrogen) atoms. The standard InChI is InChI=1S/C23H25NO2/c1-4-16(3)18-11-8-9-13-20(18)24-23(25)22-19-12-7-6-10-17(19)14-15-21(22)26-5-2/h6-16H,4-5H2,1-3H3,(H,24,25)/t16-/m0/s1. The van der Waals surface area contributed by atoms with Crippen molar-refractivity contribution in [3.8, 4) is 5.75 Å². The van der Waals surface area contributed by atoms with E-state index in [0.717, 1.165) is 28.4 Å². The van der Waals surface area contributed by atoms with Gasteiger partial charge in [0.05, 0.1) is 12.2 Å². The Hall–Kier alpha value is -2.81. The summed E-state index contributed by atoms with van der Waals surface area (Å²) in [6.45, 7) is 6.77. The molecule has 3 aromatic rings. The highest BCUT2D eigenvalue weighted by atomic mass is 16.5. The topological polar surface area (TPSA) is 38.3 Å². The van der Waals surface area contributed by atoms with Gasteiger partial charge in [0.1, 0.15) is 5.75 Å². The number of hydrogen-bond donors (Lipinski definition) is 1. The van der Waals surface area contributed by atoms with Gasteiger partial charge in [0.15, 0.2) is 0 Å². The summed E-state index contributed by atoms with van der Waals surface area (Å²) >= 11 is 0. The van der Waals surface area contributed by atoms with E-state index in [4.69, 9.17) is 4.74 Å². The zero-order chi connectivity index (χ0) is 18.5. The highest BCUT2D eigenvalue weighted by molar-refractivity contribution is 6.15. The van der Waals surface area contributed by atoms with E-state index in [9.17, 15) is 4.79 Å². The van der Waals surface area contributed by atoms with Crippen LogP contribution >= 0.6 is 0 Å². The van der Waals surface area contributed by atoms with E-state index < -0.39 is 0 Å². The number of amides is 1. The van der Waals surface area contributed by atoms with Crippen LogP contribution in [0.25, 0.3) is 10.8 Å². The van der Waals surface area contributed by atoms with Gasteiger partial charge in [-0.25, -0.2) is 0 Å². The fraction of sp³-hybridized carbons (Fsp3) is 0.261. The second-order valence-electron chi connectivity index (χ2n) is 6.44. The van der Waals surface area contributed by atoms with Gasteiger partial charge in [-0.05, 0) is 47.7 Å². The van der Waals surface area contributed by atoms with Gasteiger partial charge in [-0.1, -0.05) is 62.4 Å². The normalized spacial score (nSPS) is 12.0. The minimum absolute atomic E-state index is 0.138. The second kappa shape index (κ2) is 8.05. The van der Waals surface area contributed by atoms with Gasteiger partial charge in [0.2, 0.25) is 0 Å². The quantitative estimate of drug-likeness (QED) is 0.593. The summed E-state index contributed by atoms with van der Waals surface area (Å²) in [5.41, 5.74) is 2.60. The van der Waals surface area contributed by atoms with E-state index in [1.165, 1.54) is 0 Å². The molecule has 0 saturated heterocycles. The van der Waals surface area contributed by atoms with E-state index in [1.54, 1.807) is 0 Å². The van der Waals surface area contributed by atoms with Crippen LogP contribution in [0.4, 0.5) is 5.69 Å². The number of carbonyl (C=O) groups excluding carboxylic acids is 1. The van der Waals surface area contributed by atoms with Crippen LogP contribution < -0.4 is 10.1 Å².